The molecule has 2 aliphatic heterocycles. The lowest BCUT2D eigenvalue weighted by Crippen LogP contribution is -2.39. The molecule has 0 bridgehead atoms. The zero-order valence-corrected chi connectivity index (χ0v) is 13.7. The number of piperidine rings is 1. The van der Waals surface area contributed by atoms with Crippen molar-refractivity contribution < 1.29 is 9.21 Å². The fourth-order valence-electron chi connectivity index (χ4n) is 4.35. The van der Waals surface area contributed by atoms with Crippen molar-refractivity contribution in [3.05, 3.63) is 35.8 Å². The average Bonchev–Trinajstić information content (AvgIpc) is 3.02. The van der Waals surface area contributed by atoms with Gasteiger partial charge < -0.3 is 13.9 Å². The fourth-order valence-corrected chi connectivity index (χ4v) is 4.35. The number of aromatic nitrogens is 3. The molecule has 0 N–H and O–H groups in total. The first-order chi connectivity index (χ1) is 11.8. The van der Waals surface area contributed by atoms with E-state index in [2.05, 4.69) is 14.8 Å². The van der Waals surface area contributed by atoms with E-state index in [9.17, 15) is 4.79 Å². The molecule has 4 heterocycles. The number of furan rings is 1. The standard InChI is InChI=1S/C18H22N4O2/c23-18(14-11-13(14)15-3-2-10-24-15)21-8-5-12(6-9-21)17-20-19-16-4-1-7-22(16)17/h2-3,10,12-14H,1,4-9,11H2/t13-,14-/m0/s1. The van der Waals surface area contributed by atoms with Gasteiger partial charge in [-0.25, -0.2) is 0 Å². The van der Waals surface area contributed by atoms with E-state index < -0.39 is 0 Å². The zero-order valence-electron chi connectivity index (χ0n) is 13.7. The van der Waals surface area contributed by atoms with Crippen LogP contribution in [0.2, 0.25) is 0 Å². The van der Waals surface area contributed by atoms with Crippen molar-refractivity contribution in [1.82, 2.24) is 19.7 Å². The predicted octanol–water partition coefficient (Wildman–Crippen LogP) is 2.33. The largest absolute Gasteiger partial charge is 0.469 e. The molecule has 3 aliphatic rings. The summed E-state index contributed by atoms with van der Waals surface area (Å²) in [6.07, 6.45) is 6.87. The highest BCUT2D eigenvalue weighted by Gasteiger charge is 2.48. The molecule has 2 aromatic rings. The van der Waals surface area contributed by atoms with E-state index >= 15 is 0 Å². The summed E-state index contributed by atoms with van der Waals surface area (Å²) < 4.78 is 7.75. The van der Waals surface area contributed by atoms with E-state index in [4.69, 9.17) is 4.42 Å². The van der Waals surface area contributed by atoms with Crippen LogP contribution in [-0.4, -0.2) is 38.7 Å². The Hall–Kier alpha value is -2.11. The predicted molar refractivity (Wildman–Crippen MR) is 86.5 cm³/mol. The third-order valence-electron chi connectivity index (χ3n) is 5.83. The third kappa shape index (κ3) is 2.27. The van der Waals surface area contributed by atoms with Gasteiger partial charge in [-0.3, -0.25) is 4.79 Å². The molecule has 1 saturated carbocycles. The van der Waals surface area contributed by atoms with Crippen molar-refractivity contribution in [3.63, 3.8) is 0 Å². The topological polar surface area (TPSA) is 64.2 Å². The zero-order chi connectivity index (χ0) is 16.1. The summed E-state index contributed by atoms with van der Waals surface area (Å²) >= 11 is 0. The van der Waals surface area contributed by atoms with Gasteiger partial charge in [0.05, 0.1) is 6.26 Å². The first-order valence-corrected chi connectivity index (χ1v) is 9.05. The molecule has 0 unspecified atom stereocenters. The number of carbonyl (C=O) groups is 1. The summed E-state index contributed by atoms with van der Waals surface area (Å²) in [4.78, 5) is 14.7. The number of nitrogens with zero attached hydrogens (tertiary/aromatic N) is 4. The van der Waals surface area contributed by atoms with Crippen LogP contribution in [0.4, 0.5) is 0 Å². The van der Waals surface area contributed by atoms with Gasteiger partial charge >= 0.3 is 0 Å². The highest BCUT2D eigenvalue weighted by atomic mass is 16.3. The highest BCUT2D eigenvalue weighted by Crippen LogP contribution is 2.49. The van der Waals surface area contributed by atoms with Gasteiger partial charge in [0.1, 0.15) is 17.4 Å². The van der Waals surface area contributed by atoms with Crippen molar-refractivity contribution in [1.29, 1.82) is 0 Å². The second-order valence-electron chi connectivity index (χ2n) is 7.29. The minimum absolute atomic E-state index is 0.130. The number of aryl methyl sites for hydroxylation is 1. The van der Waals surface area contributed by atoms with Crippen LogP contribution in [0.1, 0.15) is 54.9 Å². The van der Waals surface area contributed by atoms with Crippen molar-refractivity contribution in [2.75, 3.05) is 13.1 Å². The van der Waals surface area contributed by atoms with Crippen LogP contribution in [0.25, 0.3) is 0 Å². The van der Waals surface area contributed by atoms with E-state index in [0.717, 1.165) is 62.7 Å². The molecule has 5 rings (SSSR count). The van der Waals surface area contributed by atoms with E-state index in [1.165, 1.54) is 6.42 Å². The van der Waals surface area contributed by atoms with Gasteiger partial charge in [0.15, 0.2) is 0 Å². The Bertz CT molecular complexity index is 743. The maximum Gasteiger partial charge on any atom is 0.226 e. The molecular formula is C18H22N4O2. The molecule has 2 fully saturated rings. The second-order valence-corrected chi connectivity index (χ2v) is 7.29. The maximum atomic E-state index is 12.7. The van der Waals surface area contributed by atoms with Gasteiger partial charge in [0, 0.05) is 43.8 Å². The summed E-state index contributed by atoms with van der Waals surface area (Å²) in [5, 5.41) is 8.75. The van der Waals surface area contributed by atoms with Crippen LogP contribution in [-0.2, 0) is 17.8 Å². The Morgan fingerprint density at radius 1 is 1.21 bits per heavy atom. The molecule has 0 aromatic carbocycles. The Morgan fingerprint density at radius 3 is 2.88 bits per heavy atom. The summed E-state index contributed by atoms with van der Waals surface area (Å²) in [6.45, 7) is 2.74. The minimum Gasteiger partial charge on any atom is -0.469 e. The molecule has 0 spiro atoms. The van der Waals surface area contributed by atoms with Crippen molar-refractivity contribution in [2.24, 2.45) is 5.92 Å². The third-order valence-corrected chi connectivity index (χ3v) is 5.83. The van der Waals surface area contributed by atoms with Gasteiger partial charge in [-0.05, 0) is 37.8 Å². The first-order valence-electron chi connectivity index (χ1n) is 9.05. The smallest absolute Gasteiger partial charge is 0.226 e. The molecular weight excluding hydrogens is 304 g/mol. The fraction of sp³-hybridized carbons (Fsp3) is 0.611. The van der Waals surface area contributed by atoms with Crippen LogP contribution in [0, 0.1) is 5.92 Å². The number of hydrogen-bond acceptors (Lipinski definition) is 4. The molecule has 1 aliphatic carbocycles. The summed E-state index contributed by atoms with van der Waals surface area (Å²) in [5.74, 6) is 4.43. The average molecular weight is 326 g/mol. The number of fused-ring (bicyclic) bond motifs is 1. The number of carbonyl (C=O) groups excluding carboxylic acids is 1. The summed E-state index contributed by atoms with van der Waals surface area (Å²) in [7, 11) is 0. The van der Waals surface area contributed by atoms with E-state index in [0.29, 0.717) is 17.7 Å². The van der Waals surface area contributed by atoms with Crippen LogP contribution in [0.15, 0.2) is 22.8 Å². The van der Waals surface area contributed by atoms with Crippen molar-refractivity contribution >= 4 is 5.91 Å². The van der Waals surface area contributed by atoms with Gasteiger partial charge in [0.2, 0.25) is 5.91 Å². The lowest BCUT2D eigenvalue weighted by molar-refractivity contribution is -0.133. The molecule has 0 radical (unpaired) electrons. The van der Waals surface area contributed by atoms with E-state index in [1.54, 1.807) is 6.26 Å². The van der Waals surface area contributed by atoms with Crippen LogP contribution in [0.3, 0.4) is 0 Å². The first kappa shape index (κ1) is 14.3. The summed E-state index contributed by atoms with van der Waals surface area (Å²) in [5.41, 5.74) is 0. The number of likely N-dealkylation sites (tertiary alicyclic amines) is 1. The van der Waals surface area contributed by atoms with Gasteiger partial charge in [-0.15, -0.1) is 10.2 Å². The number of hydrogen-bond donors (Lipinski definition) is 0. The van der Waals surface area contributed by atoms with Gasteiger partial charge in [0.25, 0.3) is 0 Å². The SMILES string of the molecule is O=C([C@H]1C[C@@H]1c1ccco1)N1CCC(c2nnc3n2CCC3)CC1. The molecule has 24 heavy (non-hydrogen) atoms. The molecule has 2 atom stereocenters. The van der Waals surface area contributed by atoms with Crippen molar-refractivity contribution in [2.45, 2.75) is 50.5 Å². The maximum absolute atomic E-state index is 12.7. The minimum atomic E-state index is 0.130. The number of rotatable bonds is 3. The Morgan fingerprint density at radius 2 is 2.08 bits per heavy atom. The van der Waals surface area contributed by atoms with Crippen LogP contribution in [0.5, 0.6) is 0 Å². The van der Waals surface area contributed by atoms with Gasteiger partial charge in [-0.2, -0.15) is 0 Å². The molecule has 2 aromatic heterocycles. The Labute approximate surface area is 140 Å². The summed E-state index contributed by atoms with van der Waals surface area (Å²) in [6, 6.07) is 3.88. The highest BCUT2D eigenvalue weighted by molar-refractivity contribution is 5.83. The quantitative estimate of drug-likeness (QED) is 0.868. The monoisotopic (exact) mass is 326 g/mol. The number of amides is 1. The normalized spacial score (nSPS) is 26.6. The van der Waals surface area contributed by atoms with Crippen LogP contribution < -0.4 is 0 Å². The molecule has 6 heteroatoms. The molecule has 1 saturated heterocycles. The molecule has 6 nitrogen and oxygen atoms in total. The van der Waals surface area contributed by atoms with E-state index in [1.807, 2.05) is 17.0 Å². The Kier molecular flexibility index (Phi) is 3.24. The van der Waals surface area contributed by atoms with Crippen LogP contribution >= 0.6 is 0 Å². The lowest BCUT2D eigenvalue weighted by Gasteiger charge is -2.31. The lowest BCUT2D eigenvalue weighted by atomic mass is 9.95. The molecule has 1 amide bonds. The van der Waals surface area contributed by atoms with Gasteiger partial charge in [-0.1, -0.05) is 0 Å². The second kappa shape index (κ2) is 5.46. The van der Waals surface area contributed by atoms with Crippen molar-refractivity contribution in [3.8, 4) is 0 Å². The van der Waals surface area contributed by atoms with E-state index in [-0.39, 0.29) is 5.92 Å². The molecule has 126 valence electrons. The Balaban J connectivity index is 1.21.